The first-order chi connectivity index (χ1) is 9.20. The molecule has 1 aromatic heterocycles. The van der Waals surface area contributed by atoms with Crippen molar-refractivity contribution < 1.29 is 9.53 Å². The van der Waals surface area contributed by atoms with Gasteiger partial charge in [-0.05, 0) is 5.56 Å². The molecule has 0 aliphatic rings. The van der Waals surface area contributed by atoms with Crippen molar-refractivity contribution in [2.45, 2.75) is 12.6 Å². The summed E-state index contributed by atoms with van der Waals surface area (Å²) >= 11 is 0. The van der Waals surface area contributed by atoms with Gasteiger partial charge >= 0.3 is 5.97 Å². The molecule has 19 heavy (non-hydrogen) atoms. The largest absolute Gasteiger partial charge is 0.468 e. The van der Waals surface area contributed by atoms with Gasteiger partial charge in [-0.2, -0.15) is 5.10 Å². The van der Waals surface area contributed by atoms with E-state index in [1.165, 1.54) is 7.11 Å². The highest BCUT2D eigenvalue weighted by Gasteiger charge is 2.22. The molecule has 0 fully saturated rings. The molecule has 0 spiro atoms. The number of methoxy groups -OCH3 is 1. The van der Waals surface area contributed by atoms with Crippen LogP contribution in [-0.2, 0) is 23.1 Å². The summed E-state index contributed by atoms with van der Waals surface area (Å²) in [6.07, 6.45) is 3.47. The van der Waals surface area contributed by atoms with Gasteiger partial charge in [0.25, 0.3) is 0 Å². The predicted octanol–water partition coefficient (Wildman–Crippen LogP) is 1.42. The molecule has 1 N–H and O–H groups in total. The van der Waals surface area contributed by atoms with Gasteiger partial charge in [-0.15, -0.1) is 0 Å². The highest BCUT2D eigenvalue weighted by molar-refractivity contribution is 5.77. The second-order valence-electron chi connectivity index (χ2n) is 4.27. The number of aryl methyl sites for hydroxylation is 1. The van der Waals surface area contributed by atoms with E-state index < -0.39 is 6.04 Å². The molecule has 1 aromatic carbocycles. The molecule has 0 saturated heterocycles. The number of benzene rings is 1. The van der Waals surface area contributed by atoms with Crippen LogP contribution in [0, 0.1) is 0 Å². The van der Waals surface area contributed by atoms with Gasteiger partial charge in [-0.3, -0.25) is 10.00 Å². The van der Waals surface area contributed by atoms with Gasteiger partial charge in [0.05, 0.1) is 13.3 Å². The quantitative estimate of drug-likeness (QED) is 0.825. The average molecular weight is 259 g/mol. The minimum absolute atomic E-state index is 0.316. The summed E-state index contributed by atoms with van der Waals surface area (Å²) in [6, 6.07) is 9.40. The Balaban J connectivity index is 2.09. The number of carbonyl (C=O) groups excluding carboxylic acids is 1. The van der Waals surface area contributed by atoms with Gasteiger partial charge in [0.1, 0.15) is 6.04 Å². The number of carbonyl (C=O) groups is 1. The smallest absolute Gasteiger partial charge is 0.327 e. The molecule has 0 radical (unpaired) electrons. The zero-order valence-electron chi connectivity index (χ0n) is 11.0. The summed E-state index contributed by atoms with van der Waals surface area (Å²) in [5, 5.41) is 7.27. The Morgan fingerprint density at radius 3 is 2.74 bits per heavy atom. The maximum atomic E-state index is 11.8. The van der Waals surface area contributed by atoms with E-state index in [1.807, 2.05) is 37.4 Å². The van der Waals surface area contributed by atoms with E-state index in [4.69, 9.17) is 4.74 Å². The fraction of sp³-hybridized carbons (Fsp3) is 0.286. The van der Waals surface area contributed by atoms with Gasteiger partial charge in [0.15, 0.2) is 0 Å². The third-order valence-corrected chi connectivity index (χ3v) is 2.85. The SMILES string of the molecule is COC(=O)C(NCc1ccccc1)c1cnn(C)c1. The van der Waals surface area contributed by atoms with Crippen molar-refractivity contribution in [2.24, 2.45) is 7.05 Å². The molecule has 0 aliphatic carbocycles. The molecule has 0 amide bonds. The van der Waals surface area contributed by atoms with Crippen LogP contribution in [0.25, 0.3) is 0 Å². The zero-order valence-corrected chi connectivity index (χ0v) is 11.0. The summed E-state index contributed by atoms with van der Waals surface area (Å²) in [7, 11) is 3.20. The number of hydrogen-bond acceptors (Lipinski definition) is 4. The van der Waals surface area contributed by atoms with Crippen molar-refractivity contribution in [3.8, 4) is 0 Å². The fourth-order valence-electron chi connectivity index (χ4n) is 1.86. The molecule has 100 valence electrons. The Morgan fingerprint density at radius 1 is 1.42 bits per heavy atom. The van der Waals surface area contributed by atoms with Crippen LogP contribution in [-0.4, -0.2) is 22.9 Å². The first kappa shape index (κ1) is 13.3. The van der Waals surface area contributed by atoms with E-state index in [-0.39, 0.29) is 5.97 Å². The molecule has 1 unspecified atom stereocenters. The Morgan fingerprint density at radius 2 is 2.16 bits per heavy atom. The van der Waals surface area contributed by atoms with Crippen molar-refractivity contribution >= 4 is 5.97 Å². The van der Waals surface area contributed by atoms with Crippen molar-refractivity contribution in [1.29, 1.82) is 0 Å². The van der Waals surface area contributed by atoms with Gasteiger partial charge in [0, 0.05) is 25.4 Å². The Bertz CT molecular complexity index is 537. The number of ether oxygens (including phenoxy) is 1. The highest BCUT2D eigenvalue weighted by atomic mass is 16.5. The lowest BCUT2D eigenvalue weighted by molar-refractivity contribution is -0.143. The predicted molar refractivity (Wildman–Crippen MR) is 71.2 cm³/mol. The van der Waals surface area contributed by atoms with Crippen LogP contribution >= 0.6 is 0 Å². The Hall–Kier alpha value is -2.14. The molecule has 5 heteroatoms. The molecule has 0 aliphatic heterocycles. The number of nitrogens with one attached hydrogen (secondary N) is 1. The monoisotopic (exact) mass is 259 g/mol. The van der Waals surface area contributed by atoms with Crippen molar-refractivity contribution in [3.05, 3.63) is 53.9 Å². The van der Waals surface area contributed by atoms with Crippen molar-refractivity contribution in [3.63, 3.8) is 0 Å². The summed E-state index contributed by atoms with van der Waals surface area (Å²) in [4.78, 5) is 11.8. The maximum Gasteiger partial charge on any atom is 0.327 e. The maximum absolute atomic E-state index is 11.8. The lowest BCUT2D eigenvalue weighted by Gasteiger charge is -2.15. The van der Waals surface area contributed by atoms with E-state index in [1.54, 1.807) is 17.1 Å². The van der Waals surface area contributed by atoms with Gasteiger partial charge in [0.2, 0.25) is 0 Å². The molecule has 1 atom stereocenters. The zero-order chi connectivity index (χ0) is 13.7. The second kappa shape index (κ2) is 6.15. The van der Waals surface area contributed by atoms with E-state index in [2.05, 4.69) is 10.4 Å². The molecule has 2 rings (SSSR count). The van der Waals surface area contributed by atoms with Crippen molar-refractivity contribution in [2.75, 3.05) is 7.11 Å². The minimum Gasteiger partial charge on any atom is -0.468 e. The van der Waals surface area contributed by atoms with Gasteiger partial charge < -0.3 is 4.74 Å². The molecule has 2 aromatic rings. The number of aromatic nitrogens is 2. The standard InChI is InChI=1S/C14H17N3O2/c1-17-10-12(9-16-17)13(14(18)19-2)15-8-11-6-4-3-5-7-11/h3-7,9-10,13,15H,8H2,1-2H3. The summed E-state index contributed by atoms with van der Waals surface area (Å²) in [5.74, 6) is -0.316. The molecule has 0 bridgehead atoms. The summed E-state index contributed by atoms with van der Waals surface area (Å²) < 4.78 is 6.49. The van der Waals surface area contributed by atoms with Crippen LogP contribution in [0.1, 0.15) is 17.2 Å². The van der Waals surface area contributed by atoms with Crippen LogP contribution in [0.5, 0.6) is 0 Å². The number of rotatable bonds is 5. The molecule has 0 saturated carbocycles. The Labute approximate surface area is 112 Å². The molecular weight excluding hydrogens is 242 g/mol. The second-order valence-corrected chi connectivity index (χ2v) is 4.27. The first-order valence-electron chi connectivity index (χ1n) is 6.04. The third-order valence-electron chi connectivity index (χ3n) is 2.85. The van der Waals surface area contributed by atoms with E-state index >= 15 is 0 Å². The van der Waals surface area contributed by atoms with Crippen LogP contribution in [0.15, 0.2) is 42.7 Å². The lowest BCUT2D eigenvalue weighted by Crippen LogP contribution is -2.29. The molecule has 1 heterocycles. The van der Waals surface area contributed by atoms with Crippen LogP contribution < -0.4 is 5.32 Å². The first-order valence-corrected chi connectivity index (χ1v) is 6.04. The van der Waals surface area contributed by atoms with E-state index in [9.17, 15) is 4.79 Å². The van der Waals surface area contributed by atoms with Crippen LogP contribution in [0.3, 0.4) is 0 Å². The average Bonchev–Trinajstić information content (AvgIpc) is 2.86. The summed E-state index contributed by atoms with van der Waals surface area (Å²) in [5.41, 5.74) is 1.91. The minimum atomic E-state index is -0.501. The van der Waals surface area contributed by atoms with Crippen LogP contribution in [0.2, 0.25) is 0 Å². The molecule has 5 nitrogen and oxygen atoms in total. The number of nitrogens with zero attached hydrogens (tertiary/aromatic N) is 2. The summed E-state index contributed by atoms with van der Waals surface area (Å²) in [6.45, 7) is 0.593. The number of hydrogen-bond donors (Lipinski definition) is 1. The lowest BCUT2D eigenvalue weighted by atomic mass is 10.1. The van der Waals surface area contributed by atoms with Gasteiger partial charge in [-0.25, -0.2) is 4.79 Å². The van der Waals surface area contributed by atoms with Crippen LogP contribution in [0.4, 0.5) is 0 Å². The fourth-order valence-corrected chi connectivity index (χ4v) is 1.86. The van der Waals surface area contributed by atoms with E-state index in [0.29, 0.717) is 6.54 Å². The van der Waals surface area contributed by atoms with Crippen molar-refractivity contribution in [1.82, 2.24) is 15.1 Å². The molecular formula is C14H17N3O2. The van der Waals surface area contributed by atoms with E-state index in [0.717, 1.165) is 11.1 Å². The number of esters is 1. The highest BCUT2D eigenvalue weighted by Crippen LogP contribution is 2.14. The van der Waals surface area contributed by atoms with Gasteiger partial charge in [-0.1, -0.05) is 30.3 Å². The third kappa shape index (κ3) is 3.42. The normalized spacial score (nSPS) is 12.1. The Kier molecular flexibility index (Phi) is 4.30. The topological polar surface area (TPSA) is 56.1 Å².